The zero-order valence-corrected chi connectivity index (χ0v) is 14.8. The number of rotatable bonds is 5. The minimum absolute atomic E-state index is 0.367. The molecule has 6 heteroatoms. The standard InChI is InChI=1S/C17H31N5O/c1-4-21-6-5-18-17(21)14-22-8-7-20(11-15(22)2)13-16-12-19(3)9-10-23-16/h5-6,15-16H,4,7-14H2,1-3H3/t15-,16-/m0/s1. The molecular weight excluding hydrogens is 290 g/mol. The Bertz CT molecular complexity index is 491. The molecule has 6 nitrogen and oxygen atoms in total. The Morgan fingerprint density at radius 3 is 2.87 bits per heavy atom. The summed E-state index contributed by atoms with van der Waals surface area (Å²) in [5.41, 5.74) is 0. The number of piperazine rings is 1. The largest absolute Gasteiger partial charge is 0.374 e. The van der Waals surface area contributed by atoms with Gasteiger partial charge in [-0.2, -0.15) is 0 Å². The molecule has 0 aromatic carbocycles. The molecule has 0 amide bonds. The van der Waals surface area contributed by atoms with Crippen molar-refractivity contribution in [1.29, 1.82) is 0 Å². The van der Waals surface area contributed by atoms with Crippen molar-refractivity contribution in [3.8, 4) is 0 Å². The number of aryl methyl sites for hydroxylation is 1. The molecule has 2 aliphatic rings. The molecule has 130 valence electrons. The Morgan fingerprint density at radius 1 is 1.26 bits per heavy atom. The lowest BCUT2D eigenvalue weighted by Crippen LogP contribution is -2.55. The Labute approximate surface area is 140 Å². The fourth-order valence-corrected chi connectivity index (χ4v) is 3.70. The number of aromatic nitrogens is 2. The second kappa shape index (κ2) is 7.75. The minimum atomic E-state index is 0.367. The van der Waals surface area contributed by atoms with Crippen LogP contribution in [0.15, 0.2) is 12.4 Å². The summed E-state index contributed by atoms with van der Waals surface area (Å²) in [6, 6.07) is 0.562. The first kappa shape index (κ1) is 16.9. The Kier molecular flexibility index (Phi) is 5.69. The van der Waals surface area contributed by atoms with Crippen LogP contribution in [0, 0.1) is 0 Å². The van der Waals surface area contributed by atoms with Crippen LogP contribution in [-0.2, 0) is 17.8 Å². The zero-order chi connectivity index (χ0) is 16.2. The third-order valence-corrected chi connectivity index (χ3v) is 5.14. The fraction of sp³-hybridized carbons (Fsp3) is 0.824. The SMILES string of the molecule is CCn1ccnc1CN1CCN(C[C@@H]2CN(C)CCO2)C[C@@H]1C. The van der Waals surface area contributed by atoms with Gasteiger partial charge in [-0.1, -0.05) is 0 Å². The van der Waals surface area contributed by atoms with Crippen LogP contribution in [0.4, 0.5) is 0 Å². The van der Waals surface area contributed by atoms with Crippen LogP contribution in [-0.4, -0.2) is 89.3 Å². The highest BCUT2D eigenvalue weighted by Crippen LogP contribution is 2.15. The molecule has 3 rings (SSSR count). The molecule has 3 heterocycles. The van der Waals surface area contributed by atoms with Gasteiger partial charge >= 0.3 is 0 Å². The summed E-state index contributed by atoms with van der Waals surface area (Å²) in [6.07, 6.45) is 4.36. The first-order valence-corrected chi connectivity index (χ1v) is 8.92. The van der Waals surface area contributed by atoms with E-state index in [4.69, 9.17) is 4.74 Å². The molecule has 0 aliphatic carbocycles. The van der Waals surface area contributed by atoms with Gasteiger partial charge in [-0.25, -0.2) is 4.98 Å². The van der Waals surface area contributed by atoms with Crippen molar-refractivity contribution < 1.29 is 4.74 Å². The summed E-state index contributed by atoms with van der Waals surface area (Å²) >= 11 is 0. The first-order valence-electron chi connectivity index (χ1n) is 8.92. The molecule has 2 aliphatic heterocycles. The van der Waals surface area contributed by atoms with Gasteiger partial charge < -0.3 is 14.2 Å². The van der Waals surface area contributed by atoms with Crippen LogP contribution >= 0.6 is 0 Å². The van der Waals surface area contributed by atoms with E-state index in [0.717, 1.165) is 59.0 Å². The molecule has 1 aromatic heterocycles. The minimum Gasteiger partial charge on any atom is -0.374 e. The molecule has 0 radical (unpaired) electrons. The third-order valence-electron chi connectivity index (χ3n) is 5.14. The van der Waals surface area contributed by atoms with E-state index in [1.165, 1.54) is 5.82 Å². The number of morpholine rings is 1. The molecule has 0 bridgehead atoms. The maximum atomic E-state index is 5.92. The van der Waals surface area contributed by atoms with Gasteiger partial charge in [0.2, 0.25) is 0 Å². The quantitative estimate of drug-likeness (QED) is 0.799. The van der Waals surface area contributed by atoms with Gasteiger partial charge in [0.25, 0.3) is 0 Å². The molecule has 23 heavy (non-hydrogen) atoms. The van der Waals surface area contributed by atoms with Gasteiger partial charge in [-0.3, -0.25) is 9.80 Å². The summed E-state index contributed by atoms with van der Waals surface area (Å²) < 4.78 is 8.16. The molecule has 0 saturated carbocycles. The topological polar surface area (TPSA) is 36.8 Å². The number of imidazole rings is 1. The van der Waals surface area contributed by atoms with Crippen molar-refractivity contribution in [2.75, 3.05) is 52.9 Å². The predicted octanol–water partition coefficient (Wildman–Crippen LogP) is 0.740. The maximum Gasteiger partial charge on any atom is 0.122 e. The van der Waals surface area contributed by atoms with E-state index in [1.807, 2.05) is 6.20 Å². The van der Waals surface area contributed by atoms with Crippen molar-refractivity contribution in [2.45, 2.75) is 39.1 Å². The average molecular weight is 321 g/mol. The molecular formula is C17H31N5O. The number of likely N-dealkylation sites (N-methyl/N-ethyl adjacent to an activating group) is 1. The van der Waals surface area contributed by atoms with Crippen molar-refractivity contribution in [3.63, 3.8) is 0 Å². The summed E-state index contributed by atoms with van der Waals surface area (Å²) in [5.74, 6) is 1.19. The van der Waals surface area contributed by atoms with Crippen molar-refractivity contribution in [1.82, 2.24) is 24.3 Å². The maximum absolute atomic E-state index is 5.92. The molecule has 1 aromatic rings. The highest BCUT2D eigenvalue weighted by Gasteiger charge is 2.27. The highest BCUT2D eigenvalue weighted by atomic mass is 16.5. The first-order chi connectivity index (χ1) is 11.2. The highest BCUT2D eigenvalue weighted by molar-refractivity contribution is 4.94. The Morgan fingerprint density at radius 2 is 2.13 bits per heavy atom. The molecule has 2 fully saturated rings. The number of hydrogen-bond acceptors (Lipinski definition) is 5. The van der Waals surface area contributed by atoms with Crippen LogP contribution < -0.4 is 0 Å². The van der Waals surface area contributed by atoms with Crippen LogP contribution in [0.25, 0.3) is 0 Å². The zero-order valence-electron chi connectivity index (χ0n) is 14.8. The predicted molar refractivity (Wildman–Crippen MR) is 91.5 cm³/mol. The van der Waals surface area contributed by atoms with Gasteiger partial charge in [0.15, 0.2) is 0 Å². The van der Waals surface area contributed by atoms with E-state index in [2.05, 4.69) is 51.3 Å². The number of hydrogen-bond donors (Lipinski definition) is 0. The van der Waals surface area contributed by atoms with Crippen LogP contribution in [0.5, 0.6) is 0 Å². The van der Waals surface area contributed by atoms with Crippen molar-refractivity contribution >= 4 is 0 Å². The summed E-state index contributed by atoms with van der Waals surface area (Å²) in [7, 11) is 2.19. The Balaban J connectivity index is 1.49. The van der Waals surface area contributed by atoms with E-state index in [9.17, 15) is 0 Å². The molecule has 2 atom stereocenters. The summed E-state index contributed by atoms with van der Waals surface area (Å²) in [4.78, 5) is 12.0. The molecule has 0 spiro atoms. The van der Waals surface area contributed by atoms with Gasteiger partial charge in [-0.15, -0.1) is 0 Å². The summed E-state index contributed by atoms with van der Waals surface area (Å²) in [6.45, 7) is 13.9. The number of nitrogens with zero attached hydrogens (tertiary/aromatic N) is 5. The fourth-order valence-electron chi connectivity index (χ4n) is 3.70. The van der Waals surface area contributed by atoms with Crippen LogP contribution in [0.3, 0.4) is 0 Å². The van der Waals surface area contributed by atoms with Crippen molar-refractivity contribution in [2.24, 2.45) is 0 Å². The Hall–Kier alpha value is -0.950. The van der Waals surface area contributed by atoms with E-state index < -0.39 is 0 Å². The van der Waals surface area contributed by atoms with Gasteiger partial charge in [0.05, 0.1) is 19.3 Å². The van der Waals surface area contributed by atoms with E-state index in [1.54, 1.807) is 0 Å². The second-order valence-electron chi connectivity index (χ2n) is 6.96. The molecule has 0 N–H and O–H groups in total. The van der Waals surface area contributed by atoms with Crippen LogP contribution in [0.1, 0.15) is 19.7 Å². The van der Waals surface area contributed by atoms with Gasteiger partial charge in [0.1, 0.15) is 5.82 Å². The normalized spacial score (nSPS) is 28.3. The van der Waals surface area contributed by atoms with Crippen LogP contribution in [0.2, 0.25) is 0 Å². The monoisotopic (exact) mass is 321 g/mol. The van der Waals surface area contributed by atoms with Gasteiger partial charge in [-0.05, 0) is 20.9 Å². The molecule has 0 unspecified atom stereocenters. The lowest BCUT2D eigenvalue weighted by Gasteiger charge is -2.42. The lowest BCUT2D eigenvalue weighted by molar-refractivity contribution is -0.0460. The van der Waals surface area contributed by atoms with Gasteiger partial charge in [0, 0.05) is 64.2 Å². The lowest BCUT2D eigenvalue weighted by atomic mass is 10.1. The summed E-state index contributed by atoms with van der Waals surface area (Å²) in [5, 5.41) is 0. The van der Waals surface area contributed by atoms with E-state index in [-0.39, 0.29) is 0 Å². The third kappa shape index (κ3) is 4.32. The van der Waals surface area contributed by atoms with E-state index in [0.29, 0.717) is 12.1 Å². The van der Waals surface area contributed by atoms with Crippen molar-refractivity contribution in [3.05, 3.63) is 18.2 Å². The molecule has 2 saturated heterocycles. The number of ether oxygens (including phenoxy) is 1. The smallest absolute Gasteiger partial charge is 0.122 e. The average Bonchev–Trinajstić information content (AvgIpc) is 2.97. The second-order valence-corrected chi connectivity index (χ2v) is 6.96. The van der Waals surface area contributed by atoms with E-state index >= 15 is 0 Å².